The molecule has 0 saturated carbocycles. The maximum absolute atomic E-state index is 13.1. The first-order chi connectivity index (χ1) is 11.2. The summed E-state index contributed by atoms with van der Waals surface area (Å²) < 4.78 is 20.2. The van der Waals surface area contributed by atoms with E-state index >= 15 is 0 Å². The predicted octanol–water partition coefficient (Wildman–Crippen LogP) is 1.84. The van der Waals surface area contributed by atoms with Gasteiger partial charge in [-0.15, -0.1) is 0 Å². The van der Waals surface area contributed by atoms with Crippen molar-refractivity contribution >= 4 is 0 Å². The van der Waals surface area contributed by atoms with Crippen LogP contribution in [0.4, 0.5) is 4.39 Å². The lowest BCUT2D eigenvalue weighted by Crippen LogP contribution is -2.36. The van der Waals surface area contributed by atoms with Crippen LogP contribution in [-0.4, -0.2) is 34.4 Å². The monoisotopic (exact) mass is 317 g/mol. The summed E-state index contributed by atoms with van der Waals surface area (Å²) >= 11 is 0. The lowest BCUT2D eigenvalue weighted by Gasteiger charge is -2.28. The average molecular weight is 317 g/mol. The Kier molecular flexibility index (Phi) is 4.71. The summed E-state index contributed by atoms with van der Waals surface area (Å²) in [6.07, 6.45) is 0.829. The number of hydrogen-bond acceptors (Lipinski definition) is 4. The summed E-state index contributed by atoms with van der Waals surface area (Å²) in [4.78, 5) is 14.1. The van der Waals surface area contributed by atoms with Crippen molar-refractivity contribution in [3.05, 3.63) is 57.8 Å². The summed E-state index contributed by atoms with van der Waals surface area (Å²) in [6, 6.07) is 7.83. The third kappa shape index (κ3) is 3.76. The van der Waals surface area contributed by atoms with Crippen molar-refractivity contribution in [2.45, 2.75) is 26.4 Å². The van der Waals surface area contributed by atoms with Gasteiger partial charge in [0, 0.05) is 44.7 Å². The molecule has 1 aliphatic heterocycles. The fraction of sp³-hybridized carbons (Fsp3) is 0.412. The van der Waals surface area contributed by atoms with Gasteiger partial charge in [0.1, 0.15) is 18.2 Å². The number of fused-ring (bicyclic) bond motifs is 1. The van der Waals surface area contributed by atoms with E-state index in [0.29, 0.717) is 25.4 Å². The Bertz CT molecular complexity index is 745. The molecule has 0 bridgehead atoms. The first kappa shape index (κ1) is 15.7. The third-order valence-electron chi connectivity index (χ3n) is 3.99. The highest BCUT2D eigenvalue weighted by molar-refractivity contribution is 5.22. The van der Waals surface area contributed by atoms with Crippen LogP contribution in [0.1, 0.15) is 18.2 Å². The van der Waals surface area contributed by atoms with E-state index in [1.165, 1.54) is 16.8 Å². The van der Waals surface area contributed by atoms with Crippen LogP contribution in [0.25, 0.3) is 0 Å². The molecule has 0 atom stereocenters. The molecule has 1 aromatic carbocycles. The van der Waals surface area contributed by atoms with Crippen LogP contribution >= 0.6 is 0 Å². The molecule has 0 fully saturated rings. The van der Waals surface area contributed by atoms with Gasteiger partial charge >= 0.3 is 0 Å². The molecule has 3 rings (SSSR count). The van der Waals surface area contributed by atoms with Gasteiger partial charge in [0.15, 0.2) is 0 Å². The number of aryl methyl sites for hydroxylation is 1. The minimum absolute atomic E-state index is 0.0517. The number of hydrogen-bond donors (Lipinski definition) is 0. The van der Waals surface area contributed by atoms with E-state index in [2.05, 4.69) is 10.00 Å². The molecule has 0 spiro atoms. The Labute approximate surface area is 134 Å². The maximum atomic E-state index is 13.1. The Morgan fingerprint density at radius 2 is 2.22 bits per heavy atom. The second-order valence-corrected chi connectivity index (χ2v) is 5.60. The molecule has 0 aliphatic carbocycles. The molecule has 0 amide bonds. The average Bonchev–Trinajstić information content (AvgIpc) is 2.54. The molecular formula is C17H20FN3O2. The molecule has 0 saturated heterocycles. The largest absolute Gasteiger partial charge is 0.492 e. The Morgan fingerprint density at radius 3 is 3.00 bits per heavy atom. The molecule has 5 nitrogen and oxygen atoms in total. The maximum Gasteiger partial charge on any atom is 0.267 e. The van der Waals surface area contributed by atoms with Gasteiger partial charge in [-0.25, -0.2) is 9.07 Å². The van der Waals surface area contributed by atoms with Crippen molar-refractivity contribution < 1.29 is 9.13 Å². The molecule has 0 unspecified atom stereocenters. The highest BCUT2D eigenvalue weighted by Crippen LogP contribution is 2.16. The molecule has 0 N–H and O–H groups in total. The van der Waals surface area contributed by atoms with Gasteiger partial charge in [0.05, 0.1) is 5.69 Å². The Hall–Kier alpha value is -2.21. The van der Waals surface area contributed by atoms with Crippen molar-refractivity contribution in [1.29, 1.82) is 0 Å². The smallest absolute Gasteiger partial charge is 0.267 e. The van der Waals surface area contributed by atoms with Crippen LogP contribution in [0.15, 0.2) is 35.1 Å². The predicted molar refractivity (Wildman–Crippen MR) is 85.0 cm³/mol. The molecule has 1 aromatic heterocycles. The minimum Gasteiger partial charge on any atom is -0.492 e. The molecular weight excluding hydrogens is 297 g/mol. The Morgan fingerprint density at radius 1 is 1.35 bits per heavy atom. The van der Waals surface area contributed by atoms with Crippen LogP contribution in [0.2, 0.25) is 0 Å². The zero-order valence-electron chi connectivity index (χ0n) is 13.2. The van der Waals surface area contributed by atoms with Crippen molar-refractivity contribution in [2.24, 2.45) is 0 Å². The first-order valence-electron chi connectivity index (χ1n) is 7.86. The summed E-state index contributed by atoms with van der Waals surface area (Å²) in [6.45, 7) is 5.31. The van der Waals surface area contributed by atoms with Gasteiger partial charge in [-0.2, -0.15) is 5.10 Å². The van der Waals surface area contributed by atoms with Crippen LogP contribution < -0.4 is 10.3 Å². The second-order valence-electron chi connectivity index (χ2n) is 5.60. The van der Waals surface area contributed by atoms with Crippen LogP contribution in [0, 0.1) is 5.82 Å². The van der Waals surface area contributed by atoms with E-state index < -0.39 is 0 Å². The third-order valence-corrected chi connectivity index (χ3v) is 3.99. The molecule has 23 heavy (non-hydrogen) atoms. The van der Waals surface area contributed by atoms with Crippen LogP contribution in [-0.2, 0) is 19.5 Å². The standard InChI is InChI=1S/C17H20FN3O2/c1-2-21-17(22)10-13-12-20(7-6-16(13)19-21)8-9-23-15-5-3-4-14(18)11-15/h3-5,10-11H,2,6-9,12H2,1H3. The number of halogens is 1. The van der Waals surface area contributed by atoms with Gasteiger partial charge in [-0.3, -0.25) is 9.69 Å². The van der Waals surface area contributed by atoms with Crippen molar-refractivity contribution in [3.63, 3.8) is 0 Å². The number of benzene rings is 1. The van der Waals surface area contributed by atoms with Gasteiger partial charge in [-0.1, -0.05) is 6.07 Å². The summed E-state index contributed by atoms with van der Waals surface area (Å²) in [5.74, 6) is 0.239. The number of aromatic nitrogens is 2. The first-order valence-corrected chi connectivity index (χ1v) is 7.86. The normalized spacial score (nSPS) is 14.5. The molecule has 2 aromatic rings. The fourth-order valence-electron chi connectivity index (χ4n) is 2.76. The number of ether oxygens (including phenoxy) is 1. The van der Waals surface area contributed by atoms with E-state index in [4.69, 9.17) is 4.74 Å². The topological polar surface area (TPSA) is 47.4 Å². The highest BCUT2D eigenvalue weighted by Gasteiger charge is 2.18. The van der Waals surface area contributed by atoms with Crippen molar-refractivity contribution in [3.8, 4) is 5.75 Å². The van der Waals surface area contributed by atoms with Crippen molar-refractivity contribution in [1.82, 2.24) is 14.7 Å². The molecule has 0 radical (unpaired) electrons. The second kappa shape index (κ2) is 6.91. The quantitative estimate of drug-likeness (QED) is 0.844. The minimum atomic E-state index is -0.298. The SMILES string of the molecule is CCn1nc2c(cc1=O)CN(CCOc1cccc(F)c1)CC2. The van der Waals surface area contributed by atoms with E-state index in [9.17, 15) is 9.18 Å². The lowest BCUT2D eigenvalue weighted by molar-refractivity contribution is 0.194. The molecule has 122 valence electrons. The van der Waals surface area contributed by atoms with E-state index in [0.717, 1.165) is 30.8 Å². The molecule has 2 heterocycles. The highest BCUT2D eigenvalue weighted by atomic mass is 19.1. The Balaban J connectivity index is 1.57. The molecule has 6 heteroatoms. The van der Waals surface area contributed by atoms with Gasteiger partial charge in [0.2, 0.25) is 0 Å². The van der Waals surface area contributed by atoms with E-state index in [1.54, 1.807) is 18.2 Å². The van der Waals surface area contributed by atoms with Gasteiger partial charge in [0.25, 0.3) is 5.56 Å². The lowest BCUT2D eigenvalue weighted by atomic mass is 10.1. The zero-order valence-corrected chi connectivity index (χ0v) is 13.2. The van der Waals surface area contributed by atoms with E-state index in [1.807, 2.05) is 6.92 Å². The number of nitrogens with zero attached hydrogens (tertiary/aromatic N) is 3. The van der Waals surface area contributed by atoms with Crippen LogP contribution in [0.3, 0.4) is 0 Å². The number of rotatable bonds is 5. The van der Waals surface area contributed by atoms with Gasteiger partial charge < -0.3 is 4.74 Å². The van der Waals surface area contributed by atoms with Crippen LogP contribution in [0.5, 0.6) is 5.75 Å². The molecule has 1 aliphatic rings. The van der Waals surface area contributed by atoms with Crippen molar-refractivity contribution in [2.75, 3.05) is 19.7 Å². The van der Waals surface area contributed by atoms with Gasteiger partial charge in [-0.05, 0) is 24.6 Å². The summed E-state index contributed by atoms with van der Waals surface area (Å²) in [7, 11) is 0. The summed E-state index contributed by atoms with van der Waals surface area (Å²) in [5.41, 5.74) is 1.95. The summed E-state index contributed by atoms with van der Waals surface area (Å²) in [5, 5.41) is 4.41. The van der Waals surface area contributed by atoms with E-state index in [-0.39, 0.29) is 11.4 Å². The fourth-order valence-corrected chi connectivity index (χ4v) is 2.76. The zero-order chi connectivity index (χ0) is 16.2.